The summed E-state index contributed by atoms with van der Waals surface area (Å²) >= 11 is 0. The Labute approximate surface area is 133 Å². The third-order valence-corrected chi connectivity index (χ3v) is 2.37. The summed E-state index contributed by atoms with van der Waals surface area (Å²) in [6.07, 6.45) is -1.16. The van der Waals surface area contributed by atoms with Gasteiger partial charge in [0.1, 0.15) is 23.0 Å². The summed E-state index contributed by atoms with van der Waals surface area (Å²) in [6, 6.07) is 10.2. The Morgan fingerprint density at radius 3 is 1.50 bits per heavy atom. The van der Waals surface area contributed by atoms with E-state index in [2.05, 4.69) is 9.68 Å². The first-order valence-corrected chi connectivity index (χ1v) is 6.17. The fraction of sp³-hybridized carbons (Fsp3) is 0. The summed E-state index contributed by atoms with van der Waals surface area (Å²) in [4.78, 5) is 40.6. The van der Waals surface area contributed by atoms with Crippen molar-refractivity contribution in [2.75, 3.05) is 0 Å². The number of nitrogens with zero attached hydrogens (tertiary/aromatic N) is 2. The third-order valence-electron chi connectivity index (χ3n) is 2.37. The Morgan fingerprint density at radius 1 is 0.750 bits per heavy atom. The van der Waals surface area contributed by atoms with Gasteiger partial charge in [0.05, 0.1) is 0 Å². The van der Waals surface area contributed by atoms with Crippen LogP contribution in [0.4, 0.5) is 4.79 Å². The van der Waals surface area contributed by atoms with Gasteiger partial charge in [-0.15, -0.1) is 20.2 Å². The highest BCUT2D eigenvalue weighted by atomic mass is 17.0. The molecule has 0 radical (unpaired) electrons. The second kappa shape index (κ2) is 7.40. The first-order chi connectivity index (χ1) is 11.4. The minimum Gasteiger partial charge on any atom is -0.395 e. The lowest BCUT2D eigenvalue weighted by atomic mass is 10.3. The van der Waals surface area contributed by atoms with Gasteiger partial charge < -0.3 is 9.47 Å². The van der Waals surface area contributed by atoms with Crippen molar-refractivity contribution in [1.82, 2.24) is 0 Å². The molecular formula is C13H8N2O9. The summed E-state index contributed by atoms with van der Waals surface area (Å²) in [6.45, 7) is 0. The van der Waals surface area contributed by atoms with Crippen molar-refractivity contribution in [1.29, 1.82) is 0 Å². The molecule has 0 aliphatic carbocycles. The normalized spacial score (nSPS) is 9.67. The van der Waals surface area contributed by atoms with E-state index in [1.54, 1.807) is 0 Å². The van der Waals surface area contributed by atoms with Gasteiger partial charge >= 0.3 is 6.16 Å². The van der Waals surface area contributed by atoms with E-state index in [1.165, 1.54) is 36.4 Å². The van der Waals surface area contributed by atoms with Crippen LogP contribution >= 0.6 is 0 Å². The molecule has 0 amide bonds. The van der Waals surface area contributed by atoms with Gasteiger partial charge in [0.15, 0.2) is 0 Å². The first-order valence-electron chi connectivity index (χ1n) is 6.17. The van der Waals surface area contributed by atoms with Crippen LogP contribution < -0.4 is 19.1 Å². The second-order valence-corrected chi connectivity index (χ2v) is 4.03. The minimum atomic E-state index is -1.16. The standard InChI is InChI=1S/C13H8N2O9/c16-13(21-9-3-1-5-11(7-9)23-14(17)18)22-10-4-2-6-12(8-10)24-15(19)20/h1-8H. The van der Waals surface area contributed by atoms with Crippen molar-refractivity contribution in [3.63, 3.8) is 0 Å². The minimum absolute atomic E-state index is 0.0583. The van der Waals surface area contributed by atoms with Gasteiger partial charge in [0, 0.05) is 12.1 Å². The molecule has 0 unspecified atom stereocenters. The molecule has 0 spiro atoms. The Hall–Kier alpha value is -3.89. The lowest BCUT2D eigenvalue weighted by molar-refractivity contribution is -0.711. The molecule has 0 heterocycles. The largest absolute Gasteiger partial charge is 0.519 e. The smallest absolute Gasteiger partial charge is 0.395 e. The summed E-state index contributed by atoms with van der Waals surface area (Å²) in [7, 11) is 0. The van der Waals surface area contributed by atoms with Crippen LogP contribution in [-0.4, -0.2) is 16.3 Å². The molecular weight excluding hydrogens is 328 g/mol. The molecule has 0 aliphatic rings. The molecule has 2 aromatic rings. The molecule has 124 valence electrons. The van der Waals surface area contributed by atoms with E-state index in [4.69, 9.17) is 9.47 Å². The number of hydrogen-bond donors (Lipinski definition) is 0. The molecule has 0 saturated heterocycles. The topological polar surface area (TPSA) is 140 Å². The van der Waals surface area contributed by atoms with E-state index in [-0.39, 0.29) is 23.0 Å². The maximum Gasteiger partial charge on any atom is 0.519 e. The van der Waals surface area contributed by atoms with Crippen LogP contribution in [0.5, 0.6) is 23.0 Å². The van der Waals surface area contributed by atoms with Gasteiger partial charge in [0.2, 0.25) is 0 Å². The molecule has 2 rings (SSSR count). The first kappa shape index (κ1) is 16.5. The third kappa shape index (κ3) is 5.14. The quantitative estimate of drug-likeness (QED) is 0.336. The van der Waals surface area contributed by atoms with E-state index in [0.29, 0.717) is 0 Å². The number of carbonyl (C=O) groups is 1. The molecule has 0 aromatic heterocycles. The highest BCUT2D eigenvalue weighted by Crippen LogP contribution is 2.22. The van der Waals surface area contributed by atoms with Crippen molar-refractivity contribution in [2.45, 2.75) is 0 Å². The Bertz CT molecular complexity index is 714. The van der Waals surface area contributed by atoms with Crippen LogP contribution in [0.1, 0.15) is 0 Å². The SMILES string of the molecule is O=C(Oc1cccc(O[N+](=O)[O-])c1)Oc1cccc(O[N+](=O)[O-])c1. The number of ether oxygens (including phenoxy) is 2. The molecule has 0 bridgehead atoms. The maximum absolute atomic E-state index is 11.7. The molecule has 0 N–H and O–H groups in total. The monoisotopic (exact) mass is 336 g/mol. The lowest BCUT2D eigenvalue weighted by Crippen LogP contribution is -2.14. The molecule has 0 aliphatic heterocycles. The Kier molecular flexibility index (Phi) is 5.08. The Balaban J connectivity index is 2.00. The van der Waals surface area contributed by atoms with Crippen LogP contribution in [0.3, 0.4) is 0 Å². The summed E-state index contributed by atoms with van der Waals surface area (Å²) in [5.41, 5.74) is 0. The van der Waals surface area contributed by atoms with E-state index in [0.717, 1.165) is 12.1 Å². The molecule has 0 saturated carbocycles. The van der Waals surface area contributed by atoms with Gasteiger partial charge in [-0.3, -0.25) is 9.68 Å². The van der Waals surface area contributed by atoms with Crippen molar-refractivity contribution < 1.29 is 34.1 Å². The van der Waals surface area contributed by atoms with Crippen LogP contribution in [0.25, 0.3) is 0 Å². The predicted molar refractivity (Wildman–Crippen MR) is 74.8 cm³/mol. The summed E-state index contributed by atoms with van der Waals surface area (Å²) < 4.78 is 9.65. The van der Waals surface area contributed by atoms with Gasteiger partial charge in [0.25, 0.3) is 10.2 Å². The summed E-state index contributed by atoms with van der Waals surface area (Å²) in [5, 5.41) is 18.5. The fourth-order valence-electron chi connectivity index (χ4n) is 1.57. The van der Waals surface area contributed by atoms with E-state index in [9.17, 15) is 25.0 Å². The molecule has 0 atom stereocenters. The number of carbonyl (C=O) groups excluding carboxylic acids is 1. The fourth-order valence-corrected chi connectivity index (χ4v) is 1.57. The Morgan fingerprint density at radius 2 is 1.12 bits per heavy atom. The lowest BCUT2D eigenvalue weighted by Gasteiger charge is -2.07. The average Bonchev–Trinajstić information content (AvgIpc) is 2.46. The van der Waals surface area contributed by atoms with E-state index < -0.39 is 16.3 Å². The molecule has 11 nitrogen and oxygen atoms in total. The number of hydrogen-bond acceptors (Lipinski definition) is 9. The van der Waals surface area contributed by atoms with Crippen molar-refractivity contribution in [2.24, 2.45) is 0 Å². The zero-order valence-electron chi connectivity index (χ0n) is 11.7. The second-order valence-electron chi connectivity index (χ2n) is 4.03. The van der Waals surface area contributed by atoms with Gasteiger partial charge in [-0.2, -0.15) is 0 Å². The summed E-state index contributed by atoms with van der Waals surface area (Å²) in [5.74, 6) is -0.410. The van der Waals surface area contributed by atoms with Gasteiger partial charge in [-0.05, 0) is 24.3 Å². The van der Waals surface area contributed by atoms with Crippen molar-refractivity contribution in [3.8, 4) is 23.0 Å². The van der Waals surface area contributed by atoms with Crippen LogP contribution in [0, 0.1) is 20.2 Å². The average molecular weight is 336 g/mol. The number of benzene rings is 2. The number of rotatable bonds is 6. The zero-order chi connectivity index (χ0) is 17.5. The van der Waals surface area contributed by atoms with Gasteiger partial charge in [-0.1, -0.05) is 12.1 Å². The molecule has 0 fully saturated rings. The molecule has 11 heteroatoms. The molecule has 24 heavy (non-hydrogen) atoms. The van der Waals surface area contributed by atoms with E-state index in [1.807, 2.05) is 0 Å². The van der Waals surface area contributed by atoms with Crippen LogP contribution in [0.15, 0.2) is 48.5 Å². The van der Waals surface area contributed by atoms with E-state index >= 15 is 0 Å². The zero-order valence-corrected chi connectivity index (χ0v) is 11.7. The highest BCUT2D eigenvalue weighted by molar-refractivity contribution is 5.67. The van der Waals surface area contributed by atoms with Crippen molar-refractivity contribution in [3.05, 3.63) is 68.8 Å². The van der Waals surface area contributed by atoms with Crippen LogP contribution in [0.2, 0.25) is 0 Å². The van der Waals surface area contributed by atoms with Crippen molar-refractivity contribution >= 4 is 6.16 Å². The highest BCUT2D eigenvalue weighted by Gasteiger charge is 2.11. The van der Waals surface area contributed by atoms with Crippen LogP contribution in [-0.2, 0) is 0 Å². The molecule has 2 aromatic carbocycles. The predicted octanol–water partition coefficient (Wildman–Crippen LogP) is 2.41. The van der Waals surface area contributed by atoms with Gasteiger partial charge in [-0.25, -0.2) is 4.79 Å². The maximum atomic E-state index is 11.7.